The van der Waals surface area contributed by atoms with E-state index in [-0.39, 0.29) is 5.75 Å². The molecule has 0 spiro atoms. The fraction of sp³-hybridized carbons (Fsp3) is 0.375. The first-order valence-corrected chi connectivity index (χ1v) is 8.19. The van der Waals surface area contributed by atoms with Gasteiger partial charge in [-0.25, -0.2) is 19.9 Å². The quantitative estimate of drug-likeness (QED) is 0.401. The number of hydrogen-bond donors (Lipinski definition) is 5. The number of rotatable bonds is 4. The fourth-order valence-electron chi connectivity index (χ4n) is 3.14. The van der Waals surface area contributed by atoms with Crippen LogP contribution in [0.3, 0.4) is 0 Å². The molecule has 1 aliphatic heterocycles. The highest BCUT2D eigenvalue weighted by Crippen LogP contribution is 2.37. The Kier molecular flexibility index (Phi) is 4.15. The number of ether oxygens (including phenoxy) is 1. The molecule has 4 atom stereocenters. The van der Waals surface area contributed by atoms with Crippen molar-refractivity contribution in [1.82, 2.24) is 24.5 Å². The maximum absolute atomic E-state index is 10.5. The molecule has 27 heavy (non-hydrogen) atoms. The van der Waals surface area contributed by atoms with Crippen molar-refractivity contribution in [3.63, 3.8) is 0 Å². The Morgan fingerprint density at radius 1 is 1.22 bits per heavy atom. The molecule has 0 saturated carbocycles. The zero-order valence-electron chi connectivity index (χ0n) is 14.3. The van der Waals surface area contributed by atoms with Gasteiger partial charge in [-0.1, -0.05) is 0 Å². The van der Waals surface area contributed by atoms with Gasteiger partial charge in [0, 0.05) is 0 Å². The Balaban J connectivity index is 1.73. The largest absolute Gasteiger partial charge is 0.506 e. The number of nitrogens with one attached hydrogen (secondary N) is 1. The lowest BCUT2D eigenvalue weighted by Crippen LogP contribution is -2.43. The second-order valence-electron chi connectivity index (χ2n) is 6.36. The summed E-state index contributed by atoms with van der Waals surface area (Å²) in [4.78, 5) is 16.7. The van der Waals surface area contributed by atoms with Crippen LogP contribution in [0.15, 0.2) is 31.0 Å². The monoisotopic (exact) mass is 374 g/mol. The molecule has 5 N–H and O–H groups in total. The molecule has 142 valence electrons. The van der Waals surface area contributed by atoms with Gasteiger partial charge in [-0.3, -0.25) is 4.57 Å². The van der Waals surface area contributed by atoms with Crippen LogP contribution in [0.1, 0.15) is 6.92 Å². The summed E-state index contributed by atoms with van der Waals surface area (Å²) in [5, 5.41) is 42.2. The number of pyridine rings is 1. The van der Waals surface area contributed by atoms with Gasteiger partial charge in [-0.2, -0.15) is 0 Å². The molecular formula is C16H18N6O5. The van der Waals surface area contributed by atoms with Gasteiger partial charge in [-0.05, 0) is 19.1 Å². The third-order valence-electron chi connectivity index (χ3n) is 4.63. The number of imidazole rings is 1. The molecule has 4 rings (SSSR count). The normalized spacial score (nSPS) is 27.9. The van der Waals surface area contributed by atoms with E-state index in [1.54, 1.807) is 13.0 Å². The average Bonchev–Trinajstić information content (AvgIpc) is 3.20. The Morgan fingerprint density at radius 2 is 2.04 bits per heavy atom. The highest BCUT2D eigenvalue weighted by molar-refractivity contribution is 5.84. The van der Waals surface area contributed by atoms with Crippen LogP contribution in [-0.2, 0) is 10.5 Å². The van der Waals surface area contributed by atoms with E-state index in [2.05, 4.69) is 25.3 Å². The van der Waals surface area contributed by atoms with Crippen LogP contribution >= 0.6 is 0 Å². The molecule has 0 amide bonds. The molecule has 0 radical (unpaired) electrons. The maximum Gasteiger partial charge on any atom is 0.173 e. The molecule has 1 aliphatic rings. The summed E-state index contributed by atoms with van der Waals surface area (Å²) in [5.41, 5.74) is -0.616. The fourth-order valence-corrected chi connectivity index (χ4v) is 3.14. The van der Waals surface area contributed by atoms with E-state index < -0.39 is 30.6 Å². The van der Waals surface area contributed by atoms with E-state index in [4.69, 9.17) is 4.74 Å². The summed E-state index contributed by atoms with van der Waals surface area (Å²) in [6.45, 7) is 1.14. The van der Waals surface area contributed by atoms with Crippen LogP contribution in [-0.4, -0.2) is 69.8 Å². The number of aliphatic hydroxyl groups excluding tert-OH is 3. The minimum Gasteiger partial charge on any atom is -0.506 e. The highest BCUT2D eigenvalue weighted by atomic mass is 16.6. The number of aliphatic hydroxyl groups is 3. The van der Waals surface area contributed by atoms with E-state index in [1.807, 2.05) is 0 Å². The van der Waals surface area contributed by atoms with Crippen LogP contribution in [0, 0.1) is 0 Å². The molecule has 0 unspecified atom stereocenters. The van der Waals surface area contributed by atoms with Gasteiger partial charge in [0.25, 0.3) is 0 Å². The summed E-state index contributed by atoms with van der Waals surface area (Å²) in [6, 6.07) is 3.06. The standard InChI is InChI=1S/C16H18N6O5/c1-16(13(26)12(25)9(5-23)27-16)22-7-20-11-14(18-6-19-15(11)22)21-10-3-2-8(24)4-17-10/h2-4,6-7,9,12-13,23-26H,5H2,1H3,(H,17,18,19,21)/t9-,12-,13-,16-/m1/s1. The summed E-state index contributed by atoms with van der Waals surface area (Å²) in [6.07, 6.45) is 0.552. The molecule has 1 fully saturated rings. The zero-order valence-corrected chi connectivity index (χ0v) is 14.3. The predicted molar refractivity (Wildman–Crippen MR) is 92.1 cm³/mol. The maximum atomic E-state index is 10.5. The van der Waals surface area contributed by atoms with Crippen LogP contribution in [0.2, 0.25) is 0 Å². The van der Waals surface area contributed by atoms with E-state index in [1.165, 1.54) is 29.5 Å². The Bertz CT molecular complexity index is 964. The van der Waals surface area contributed by atoms with Crippen molar-refractivity contribution in [1.29, 1.82) is 0 Å². The molecule has 4 heterocycles. The van der Waals surface area contributed by atoms with Crippen molar-refractivity contribution in [2.75, 3.05) is 11.9 Å². The summed E-state index contributed by atoms with van der Waals surface area (Å²) < 4.78 is 7.19. The van der Waals surface area contributed by atoms with Crippen LogP contribution in [0.4, 0.5) is 11.6 Å². The SMILES string of the molecule is C[C@@]1(n2cnc3c(Nc4ccc(O)cn4)ncnc32)O[C@H](CO)[C@@H](O)[C@H]1O. The van der Waals surface area contributed by atoms with Gasteiger partial charge in [0.1, 0.15) is 36.2 Å². The van der Waals surface area contributed by atoms with E-state index in [0.29, 0.717) is 22.8 Å². The van der Waals surface area contributed by atoms with Gasteiger partial charge in [0.15, 0.2) is 22.7 Å². The summed E-state index contributed by atoms with van der Waals surface area (Å²) in [5.74, 6) is 0.851. The number of nitrogens with zero attached hydrogens (tertiary/aromatic N) is 5. The second-order valence-corrected chi connectivity index (χ2v) is 6.36. The second kappa shape index (κ2) is 6.39. The molecule has 1 saturated heterocycles. The van der Waals surface area contributed by atoms with Crippen molar-refractivity contribution in [2.24, 2.45) is 0 Å². The van der Waals surface area contributed by atoms with Crippen LogP contribution in [0.5, 0.6) is 5.75 Å². The minimum atomic E-state index is -1.37. The van der Waals surface area contributed by atoms with Crippen molar-refractivity contribution in [2.45, 2.75) is 31.0 Å². The Hall–Kier alpha value is -2.86. The Morgan fingerprint density at radius 3 is 2.70 bits per heavy atom. The van der Waals surface area contributed by atoms with Crippen molar-refractivity contribution in [3.8, 4) is 5.75 Å². The minimum absolute atomic E-state index is 0.0370. The predicted octanol–water partition coefficient (Wildman–Crippen LogP) is -0.544. The smallest absolute Gasteiger partial charge is 0.173 e. The van der Waals surface area contributed by atoms with Crippen molar-refractivity contribution in [3.05, 3.63) is 31.0 Å². The lowest BCUT2D eigenvalue weighted by molar-refractivity contribution is -0.132. The molecule has 0 aliphatic carbocycles. The van der Waals surface area contributed by atoms with Gasteiger partial charge < -0.3 is 30.5 Å². The lowest BCUT2D eigenvalue weighted by atomic mass is 10.0. The van der Waals surface area contributed by atoms with Crippen LogP contribution < -0.4 is 5.32 Å². The van der Waals surface area contributed by atoms with Gasteiger partial charge in [0.2, 0.25) is 0 Å². The van der Waals surface area contributed by atoms with Gasteiger partial charge >= 0.3 is 0 Å². The topological polar surface area (TPSA) is 159 Å². The molecular weight excluding hydrogens is 356 g/mol. The van der Waals surface area contributed by atoms with Gasteiger partial charge in [-0.15, -0.1) is 0 Å². The first kappa shape index (κ1) is 17.5. The molecule has 3 aromatic heterocycles. The summed E-state index contributed by atoms with van der Waals surface area (Å²) >= 11 is 0. The van der Waals surface area contributed by atoms with Gasteiger partial charge in [0.05, 0.1) is 19.1 Å². The number of aromatic hydroxyl groups is 1. The van der Waals surface area contributed by atoms with Crippen molar-refractivity contribution >= 4 is 22.8 Å². The number of fused-ring (bicyclic) bond motifs is 1. The molecule has 0 bridgehead atoms. The highest BCUT2D eigenvalue weighted by Gasteiger charge is 2.52. The van der Waals surface area contributed by atoms with E-state index in [9.17, 15) is 20.4 Å². The third kappa shape index (κ3) is 2.77. The van der Waals surface area contributed by atoms with E-state index in [0.717, 1.165) is 0 Å². The van der Waals surface area contributed by atoms with E-state index >= 15 is 0 Å². The first-order valence-electron chi connectivity index (χ1n) is 8.19. The third-order valence-corrected chi connectivity index (χ3v) is 4.63. The number of hydrogen-bond acceptors (Lipinski definition) is 10. The van der Waals surface area contributed by atoms with Crippen LogP contribution in [0.25, 0.3) is 11.2 Å². The Labute approximate surface area is 152 Å². The lowest BCUT2D eigenvalue weighted by Gasteiger charge is -2.29. The number of anilines is 2. The molecule has 11 heteroatoms. The average molecular weight is 374 g/mol. The molecule has 3 aromatic rings. The summed E-state index contributed by atoms with van der Waals surface area (Å²) in [7, 11) is 0. The van der Waals surface area contributed by atoms with Crippen molar-refractivity contribution < 1.29 is 25.2 Å². The molecule has 0 aromatic carbocycles. The number of aromatic nitrogens is 5. The first-order chi connectivity index (χ1) is 12.9. The molecule has 11 nitrogen and oxygen atoms in total. The zero-order chi connectivity index (χ0) is 19.2.